The summed E-state index contributed by atoms with van der Waals surface area (Å²) in [5.41, 5.74) is 9.36. The number of para-hydroxylation sites is 1. The smallest absolute Gasteiger partial charge is 0.243 e. The van der Waals surface area contributed by atoms with Crippen molar-refractivity contribution < 1.29 is 9.90 Å². The van der Waals surface area contributed by atoms with Gasteiger partial charge in [0.25, 0.3) is 0 Å². The van der Waals surface area contributed by atoms with E-state index in [0.29, 0.717) is 19.5 Å². The molecule has 0 radical (unpaired) electrons. The molecule has 6 nitrogen and oxygen atoms in total. The molecule has 1 atom stereocenters. The molecule has 4 rings (SSSR count). The Labute approximate surface area is 209 Å². The summed E-state index contributed by atoms with van der Waals surface area (Å²) in [6, 6.07) is 26.3. The molecule has 0 unspecified atom stereocenters. The first-order valence-corrected chi connectivity index (χ1v) is 12.6. The second kappa shape index (κ2) is 12.1. The molecule has 3 aromatic carbocycles. The van der Waals surface area contributed by atoms with Crippen molar-refractivity contribution in [1.82, 2.24) is 9.88 Å². The monoisotopic (exact) mass is 486 g/mol. The van der Waals surface area contributed by atoms with Gasteiger partial charge in [0.1, 0.15) is 11.8 Å². The van der Waals surface area contributed by atoms with Crippen LogP contribution in [0.1, 0.15) is 24.4 Å². The number of rotatable bonds is 10. The minimum Gasteiger partial charge on any atom is -0.508 e. The number of nitrogens with zero attached hydrogens (tertiary/aromatic N) is 2. The van der Waals surface area contributed by atoms with E-state index in [1.54, 1.807) is 12.1 Å². The normalized spacial score (nSPS) is 12.4. The van der Waals surface area contributed by atoms with Crippen LogP contribution in [0.4, 0.5) is 5.69 Å². The fraction of sp³-hybridized carbons (Fsp3) is 0.214. The Morgan fingerprint density at radius 1 is 0.971 bits per heavy atom. The average Bonchev–Trinajstić information content (AvgIpc) is 3.30. The molecule has 0 aliphatic carbocycles. The minimum absolute atomic E-state index is 0.0693. The number of unbranched alkanes of at least 4 members (excludes halogenated alkanes) is 1. The van der Waals surface area contributed by atoms with Crippen molar-refractivity contribution in [1.29, 1.82) is 0 Å². The van der Waals surface area contributed by atoms with Crippen LogP contribution in [-0.2, 0) is 11.2 Å². The number of phenols is 1. The number of carbonyl (C=O) groups excluding carboxylic acids is 1. The molecule has 7 heteroatoms. The van der Waals surface area contributed by atoms with E-state index in [9.17, 15) is 9.90 Å². The van der Waals surface area contributed by atoms with Crippen LogP contribution in [0.5, 0.6) is 5.75 Å². The molecular weight excluding hydrogens is 456 g/mol. The highest BCUT2D eigenvalue weighted by Gasteiger charge is 2.25. The van der Waals surface area contributed by atoms with E-state index in [2.05, 4.69) is 10.7 Å². The van der Waals surface area contributed by atoms with Crippen LogP contribution >= 0.6 is 11.3 Å². The van der Waals surface area contributed by atoms with Gasteiger partial charge < -0.3 is 20.7 Å². The number of hydrogen-bond acceptors (Lipinski definition) is 5. The zero-order valence-electron chi connectivity index (χ0n) is 19.5. The quantitative estimate of drug-likeness (QED) is 0.281. The third-order valence-corrected chi connectivity index (χ3v) is 6.54. The topological polar surface area (TPSA) is 92.6 Å². The Balaban J connectivity index is 1.81. The summed E-state index contributed by atoms with van der Waals surface area (Å²) in [5.74, 6) is 0.129. The van der Waals surface area contributed by atoms with Crippen molar-refractivity contribution in [2.45, 2.75) is 25.3 Å². The zero-order chi connectivity index (χ0) is 24.5. The molecule has 35 heavy (non-hydrogen) atoms. The van der Waals surface area contributed by atoms with Crippen LogP contribution in [-0.4, -0.2) is 28.7 Å². The standard InChI is InChI=1S/C28H30N4O2S/c29-17-7-8-18-30-27(34)25(19-21-13-15-24(33)16-14-21)32-26(22-9-3-1-4-10-22)20-35-28(32)31-23-11-5-2-6-12-23/h1-6,9-16,20,25,33H,7-8,17-19,29H2,(H,30,34)/t25-/m0/s1. The average molecular weight is 487 g/mol. The number of nitrogens with one attached hydrogen (secondary N) is 1. The van der Waals surface area contributed by atoms with Crippen LogP contribution in [0.3, 0.4) is 0 Å². The number of aromatic hydroxyl groups is 1. The first kappa shape index (κ1) is 24.4. The van der Waals surface area contributed by atoms with E-state index in [1.807, 2.05) is 77.4 Å². The van der Waals surface area contributed by atoms with Gasteiger partial charge >= 0.3 is 0 Å². The number of thiazole rings is 1. The maximum atomic E-state index is 13.6. The van der Waals surface area contributed by atoms with Crippen molar-refractivity contribution >= 4 is 22.9 Å². The Kier molecular flexibility index (Phi) is 8.48. The molecule has 0 saturated heterocycles. The van der Waals surface area contributed by atoms with Gasteiger partial charge in [-0.25, -0.2) is 4.99 Å². The summed E-state index contributed by atoms with van der Waals surface area (Å²) in [5, 5.41) is 14.9. The molecule has 0 bridgehead atoms. The number of carbonyl (C=O) groups is 1. The van der Waals surface area contributed by atoms with E-state index in [1.165, 1.54) is 11.3 Å². The van der Waals surface area contributed by atoms with Gasteiger partial charge in [0.15, 0.2) is 4.80 Å². The third kappa shape index (κ3) is 6.47. The van der Waals surface area contributed by atoms with E-state index in [4.69, 9.17) is 10.7 Å². The molecule has 0 aliphatic rings. The van der Waals surface area contributed by atoms with Crippen molar-refractivity contribution in [3.8, 4) is 17.0 Å². The Morgan fingerprint density at radius 2 is 1.66 bits per heavy atom. The van der Waals surface area contributed by atoms with E-state index < -0.39 is 6.04 Å². The van der Waals surface area contributed by atoms with E-state index in [-0.39, 0.29) is 11.7 Å². The van der Waals surface area contributed by atoms with Crippen LogP contribution in [0.25, 0.3) is 11.3 Å². The van der Waals surface area contributed by atoms with Gasteiger partial charge in [-0.3, -0.25) is 4.79 Å². The minimum atomic E-state index is -0.527. The van der Waals surface area contributed by atoms with Crippen LogP contribution in [0.15, 0.2) is 95.3 Å². The molecule has 4 N–H and O–H groups in total. The van der Waals surface area contributed by atoms with Gasteiger partial charge in [0, 0.05) is 18.3 Å². The first-order valence-electron chi connectivity index (χ1n) is 11.8. The van der Waals surface area contributed by atoms with Crippen molar-refractivity contribution in [3.63, 3.8) is 0 Å². The lowest BCUT2D eigenvalue weighted by Crippen LogP contribution is -2.38. The summed E-state index contributed by atoms with van der Waals surface area (Å²) in [4.78, 5) is 19.3. The Morgan fingerprint density at radius 3 is 2.34 bits per heavy atom. The summed E-state index contributed by atoms with van der Waals surface area (Å²) >= 11 is 1.52. The van der Waals surface area contributed by atoms with Crippen molar-refractivity contribution in [2.24, 2.45) is 10.7 Å². The second-order valence-corrected chi connectivity index (χ2v) is 9.10. The summed E-state index contributed by atoms with van der Waals surface area (Å²) < 4.78 is 2.04. The fourth-order valence-electron chi connectivity index (χ4n) is 3.89. The largest absolute Gasteiger partial charge is 0.508 e. The molecule has 4 aromatic rings. The van der Waals surface area contributed by atoms with E-state index in [0.717, 1.165) is 40.2 Å². The predicted octanol–water partition coefficient (Wildman–Crippen LogP) is 4.79. The van der Waals surface area contributed by atoms with Gasteiger partial charge in [-0.2, -0.15) is 0 Å². The van der Waals surface area contributed by atoms with E-state index >= 15 is 0 Å². The molecular formula is C28H30N4O2S. The van der Waals surface area contributed by atoms with Gasteiger partial charge in [0.05, 0.1) is 11.4 Å². The lowest BCUT2D eigenvalue weighted by atomic mass is 10.0. The molecule has 0 aliphatic heterocycles. The van der Waals surface area contributed by atoms with Crippen LogP contribution < -0.4 is 15.9 Å². The Bertz CT molecular complexity index is 1280. The summed E-state index contributed by atoms with van der Waals surface area (Å²) in [7, 11) is 0. The number of amides is 1. The molecule has 0 saturated carbocycles. The number of hydrogen-bond donors (Lipinski definition) is 3. The fourth-order valence-corrected chi connectivity index (χ4v) is 4.85. The molecule has 1 heterocycles. The molecule has 1 amide bonds. The molecule has 1 aromatic heterocycles. The van der Waals surface area contributed by atoms with Gasteiger partial charge in [-0.05, 0) is 54.8 Å². The lowest BCUT2D eigenvalue weighted by molar-refractivity contribution is -0.124. The highest BCUT2D eigenvalue weighted by molar-refractivity contribution is 7.07. The van der Waals surface area contributed by atoms with Gasteiger partial charge in [-0.15, -0.1) is 11.3 Å². The molecule has 0 spiro atoms. The lowest BCUT2D eigenvalue weighted by Gasteiger charge is -2.22. The zero-order valence-corrected chi connectivity index (χ0v) is 20.3. The number of benzene rings is 3. The van der Waals surface area contributed by atoms with Crippen LogP contribution in [0.2, 0.25) is 0 Å². The van der Waals surface area contributed by atoms with Crippen molar-refractivity contribution in [2.75, 3.05) is 13.1 Å². The number of aromatic nitrogens is 1. The maximum Gasteiger partial charge on any atom is 0.243 e. The third-order valence-electron chi connectivity index (χ3n) is 5.70. The van der Waals surface area contributed by atoms with Crippen molar-refractivity contribution in [3.05, 3.63) is 101 Å². The van der Waals surface area contributed by atoms with Gasteiger partial charge in [-0.1, -0.05) is 60.7 Å². The maximum absolute atomic E-state index is 13.6. The summed E-state index contributed by atoms with van der Waals surface area (Å²) in [6.45, 7) is 1.17. The SMILES string of the molecule is NCCCCNC(=O)[C@H](Cc1ccc(O)cc1)n1c(-c2ccccc2)csc1=Nc1ccccc1. The predicted molar refractivity (Wildman–Crippen MR) is 142 cm³/mol. The van der Waals surface area contributed by atoms with Gasteiger partial charge in [0.2, 0.25) is 5.91 Å². The highest BCUT2D eigenvalue weighted by Crippen LogP contribution is 2.26. The summed E-state index contributed by atoms with van der Waals surface area (Å²) in [6.07, 6.45) is 2.15. The number of phenolic OH excluding ortho intramolecular Hbond substituents is 1. The number of nitrogens with two attached hydrogens (primary N) is 1. The molecule has 0 fully saturated rings. The second-order valence-electron chi connectivity index (χ2n) is 8.26. The first-order chi connectivity index (χ1) is 17.2. The van der Waals surface area contributed by atoms with Crippen LogP contribution in [0, 0.1) is 0 Å². The molecule has 180 valence electrons. The highest BCUT2D eigenvalue weighted by atomic mass is 32.1. The Hall–Kier alpha value is -3.68.